The molecule has 214 valence electrons. The van der Waals surface area contributed by atoms with Gasteiger partial charge in [0.25, 0.3) is 0 Å². The highest BCUT2D eigenvalue weighted by Crippen LogP contribution is 2.48. The molecule has 0 fully saturated rings. The van der Waals surface area contributed by atoms with E-state index in [4.69, 9.17) is 0 Å². The molecule has 0 saturated heterocycles. The molecule has 45 heavy (non-hydrogen) atoms. The van der Waals surface area contributed by atoms with E-state index in [1.54, 1.807) is 0 Å². The minimum Gasteiger partial charge on any atom is -0.134 e. The van der Waals surface area contributed by atoms with E-state index in [-0.39, 0.29) is 0 Å². The van der Waals surface area contributed by atoms with Crippen LogP contribution in [-0.2, 0) is 0 Å². The summed E-state index contributed by atoms with van der Waals surface area (Å²) in [5.41, 5.74) is 2.73. The summed E-state index contributed by atoms with van der Waals surface area (Å²) in [4.78, 5) is 0. The van der Waals surface area contributed by atoms with Gasteiger partial charge in [0.15, 0.2) is 0 Å². The molecule has 3 heteroatoms. The van der Waals surface area contributed by atoms with Crippen LogP contribution in [0.25, 0.3) is 32.0 Å². The number of hydrogen-bond acceptors (Lipinski definition) is 1. The van der Waals surface area contributed by atoms with Crippen molar-refractivity contribution in [2.24, 2.45) is 0 Å². The number of thiophene rings is 1. The van der Waals surface area contributed by atoms with Crippen LogP contribution >= 0.6 is 27.2 Å². The molecule has 0 bridgehead atoms. The smallest absolute Gasteiger partial charge is 0.0459 e. The van der Waals surface area contributed by atoms with E-state index >= 15 is 0 Å². The summed E-state index contributed by atoms with van der Waals surface area (Å²) >= 11 is 1.98. The summed E-state index contributed by atoms with van der Waals surface area (Å²) in [6.07, 6.45) is 0. The van der Waals surface area contributed by atoms with Gasteiger partial charge in [-0.05, 0) is 64.8 Å². The summed E-state index contributed by atoms with van der Waals surface area (Å²) < 4.78 is 2.80. The van der Waals surface area contributed by atoms with Crippen LogP contribution in [0.1, 0.15) is 0 Å². The highest BCUT2D eigenvalue weighted by Gasteiger charge is 2.29. The Kier molecular flexibility index (Phi) is 7.84. The average molecular weight is 629 g/mol. The van der Waals surface area contributed by atoms with Crippen LogP contribution in [0, 0.1) is 0 Å². The van der Waals surface area contributed by atoms with Gasteiger partial charge in [0.2, 0.25) is 0 Å². The lowest BCUT2D eigenvalue weighted by Gasteiger charge is -2.25. The molecule has 0 amide bonds. The fourth-order valence-electron chi connectivity index (χ4n) is 6.26. The van der Waals surface area contributed by atoms with Gasteiger partial charge in [-0.25, -0.2) is 0 Å². The molecule has 8 aromatic rings. The molecule has 1 aromatic heterocycles. The van der Waals surface area contributed by atoms with E-state index in [2.05, 4.69) is 182 Å². The molecule has 0 aliphatic carbocycles. The summed E-state index contributed by atoms with van der Waals surface area (Å²) in [6, 6.07) is 67.2. The van der Waals surface area contributed by atoms with Crippen molar-refractivity contribution in [1.29, 1.82) is 0 Å². The fraction of sp³-hybridized carbons (Fsp3) is 0. The normalized spacial score (nSPS) is 11.5. The van der Waals surface area contributed by atoms with E-state index in [9.17, 15) is 0 Å². The molecule has 0 nitrogen and oxygen atoms in total. The number of rotatable bonds is 7. The van der Waals surface area contributed by atoms with Gasteiger partial charge < -0.3 is 0 Å². The zero-order valence-corrected chi connectivity index (χ0v) is 27.2. The zero-order chi connectivity index (χ0) is 30.0. The molecule has 0 atom stereocenters. The Morgan fingerprint density at radius 2 is 0.844 bits per heavy atom. The van der Waals surface area contributed by atoms with E-state index < -0.39 is 15.8 Å². The van der Waals surface area contributed by atoms with Gasteiger partial charge in [-0.2, -0.15) is 0 Å². The fourth-order valence-corrected chi connectivity index (χ4v) is 13.1. The molecule has 1 heterocycles. The molecule has 8 rings (SSSR count). The average Bonchev–Trinajstić information content (AvgIpc) is 3.50. The van der Waals surface area contributed by atoms with Crippen molar-refractivity contribution in [3.63, 3.8) is 0 Å². The van der Waals surface area contributed by atoms with Crippen LogP contribution < -0.4 is 31.1 Å². The Balaban J connectivity index is 1.49. The lowest BCUT2D eigenvalue weighted by Crippen LogP contribution is -2.24. The van der Waals surface area contributed by atoms with E-state index in [0.29, 0.717) is 0 Å². The largest absolute Gasteiger partial charge is 0.134 e. The molecule has 0 saturated carbocycles. The van der Waals surface area contributed by atoms with Gasteiger partial charge in [0.1, 0.15) is 0 Å². The predicted octanol–water partition coefficient (Wildman–Crippen LogP) is 9.24. The maximum Gasteiger partial charge on any atom is 0.0459 e. The van der Waals surface area contributed by atoms with Crippen LogP contribution in [0.4, 0.5) is 0 Å². The summed E-state index contributed by atoms with van der Waals surface area (Å²) in [5.74, 6) is 0. The Morgan fingerprint density at radius 3 is 1.42 bits per heavy atom. The zero-order valence-electron chi connectivity index (χ0n) is 24.6. The van der Waals surface area contributed by atoms with Crippen LogP contribution in [0.3, 0.4) is 0 Å². The van der Waals surface area contributed by atoms with Crippen LogP contribution in [-0.4, -0.2) is 0 Å². The first kappa shape index (κ1) is 28.1. The Hall–Kier alpha value is -4.38. The third kappa shape index (κ3) is 5.32. The third-order valence-electron chi connectivity index (χ3n) is 8.24. The number of benzene rings is 7. The second-order valence-electron chi connectivity index (χ2n) is 11.0. The van der Waals surface area contributed by atoms with E-state index in [1.165, 1.54) is 63.1 Å². The highest BCUT2D eigenvalue weighted by molar-refractivity contribution is 7.85. The molecule has 0 spiro atoms. The molecule has 0 aliphatic rings. The molecule has 0 radical (unpaired) electrons. The maximum atomic E-state index is 2.38. The minimum atomic E-state index is -0.807. The van der Waals surface area contributed by atoms with Crippen molar-refractivity contribution < 1.29 is 0 Å². The van der Waals surface area contributed by atoms with E-state index in [1.807, 2.05) is 11.3 Å². The summed E-state index contributed by atoms with van der Waals surface area (Å²) in [6.45, 7) is 0. The van der Waals surface area contributed by atoms with Gasteiger partial charge >= 0.3 is 0 Å². The molecule has 0 N–H and O–H groups in total. The van der Waals surface area contributed by atoms with E-state index in [0.717, 1.165) is 0 Å². The van der Waals surface area contributed by atoms with Crippen molar-refractivity contribution in [3.8, 4) is 11.1 Å². The van der Waals surface area contributed by atoms with Gasteiger partial charge in [-0.3, -0.25) is 0 Å². The SMILES string of the molecule is c1ccc(P(c2ccccc2)c2ccccc2-c2c(P(c3ccccc3)c3ccccc3)sc3ccc4ccccc4c23)cc1. The van der Waals surface area contributed by atoms with Crippen molar-refractivity contribution in [3.05, 3.63) is 182 Å². The Bertz CT molecular complexity index is 2130. The Labute approximate surface area is 271 Å². The highest BCUT2D eigenvalue weighted by atomic mass is 32.1. The second-order valence-corrected chi connectivity index (χ2v) is 16.7. The van der Waals surface area contributed by atoms with Crippen LogP contribution in [0.15, 0.2) is 182 Å². The van der Waals surface area contributed by atoms with Crippen molar-refractivity contribution in [2.75, 3.05) is 0 Å². The van der Waals surface area contributed by atoms with Gasteiger partial charge in [-0.1, -0.05) is 176 Å². The maximum absolute atomic E-state index is 2.38. The molecule has 0 unspecified atom stereocenters. The molecular formula is C42H30P2S. The lowest BCUT2D eigenvalue weighted by atomic mass is 9.99. The second kappa shape index (κ2) is 12.5. The first-order chi connectivity index (χ1) is 22.4. The quantitative estimate of drug-likeness (QED) is 0.154. The monoisotopic (exact) mass is 628 g/mol. The van der Waals surface area contributed by atoms with Gasteiger partial charge in [0, 0.05) is 20.3 Å². The van der Waals surface area contributed by atoms with Crippen molar-refractivity contribution in [2.45, 2.75) is 0 Å². The van der Waals surface area contributed by atoms with Crippen molar-refractivity contribution >= 4 is 79.2 Å². The Morgan fingerprint density at radius 1 is 0.378 bits per heavy atom. The van der Waals surface area contributed by atoms with Gasteiger partial charge in [0.05, 0.1) is 0 Å². The summed E-state index contributed by atoms with van der Waals surface area (Å²) in [5, 5.41) is 10.9. The third-order valence-corrected chi connectivity index (χ3v) is 14.8. The minimum absolute atomic E-state index is 0.798. The van der Waals surface area contributed by atoms with Crippen LogP contribution in [0.5, 0.6) is 0 Å². The first-order valence-electron chi connectivity index (χ1n) is 15.2. The molecule has 7 aromatic carbocycles. The summed E-state index contributed by atoms with van der Waals surface area (Å²) in [7, 11) is -1.61. The van der Waals surface area contributed by atoms with Crippen LogP contribution in [0.2, 0.25) is 0 Å². The first-order valence-corrected chi connectivity index (χ1v) is 18.7. The molecular weight excluding hydrogens is 598 g/mol. The number of fused-ring (bicyclic) bond motifs is 3. The lowest BCUT2D eigenvalue weighted by molar-refractivity contribution is 1.72. The molecule has 0 aliphatic heterocycles. The standard InChI is InChI=1S/C42H30P2S/c1-5-18-32(19-6-1)43(33-20-7-2-8-21-33)38-28-16-15-27-37(38)41-40-36-26-14-13-17-31(36)29-30-39(40)45-42(41)44(34-22-9-3-10-23-34)35-24-11-4-12-25-35/h1-30H. The van der Waals surface area contributed by atoms with Crippen molar-refractivity contribution in [1.82, 2.24) is 0 Å². The predicted molar refractivity (Wildman–Crippen MR) is 202 cm³/mol. The van der Waals surface area contributed by atoms with Gasteiger partial charge in [-0.15, -0.1) is 11.3 Å². The number of hydrogen-bond donors (Lipinski definition) is 0. The topological polar surface area (TPSA) is 0 Å².